The molecule has 1 nitrogen and oxygen atoms in total. The van der Waals surface area contributed by atoms with E-state index in [1.54, 1.807) is 0 Å². The zero-order chi connectivity index (χ0) is 11.4. The van der Waals surface area contributed by atoms with E-state index in [0.717, 1.165) is 0 Å². The first-order valence-corrected chi connectivity index (χ1v) is 6.39. The molecule has 0 saturated heterocycles. The lowest BCUT2D eigenvalue weighted by Gasteiger charge is -2.74. The Balaban J connectivity index is 1.75. The van der Waals surface area contributed by atoms with E-state index in [2.05, 4.69) is 44.2 Å². The second-order valence-corrected chi connectivity index (χ2v) is 6.31. The molecule has 0 heterocycles. The third kappa shape index (κ3) is 1.15. The minimum Gasteiger partial charge on any atom is -0.327 e. The second kappa shape index (κ2) is 3.10. The second-order valence-electron chi connectivity index (χ2n) is 6.31. The van der Waals surface area contributed by atoms with Gasteiger partial charge in [0.25, 0.3) is 0 Å². The van der Waals surface area contributed by atoms with Crippen LogP contribution in [0.5, 0.6) is 0 Å². The highest BCUT2D eigenvalue weighted by atomic mass is 14.8. The monoisotopic (exact) mass is 215 g/mol. The number of hydrogen-bond donors (Lipinski definition) is 1. The summed E-state index contributed by atoms with van der Waals surface area (Å²) >= 11 is 0. The number of rotatable bonds is 3. The summed E-state index contributed by atoms with van der Waals surface area (Å²) in [5.74, 6) is 0.620. The Morgan fingerprint density at radius 2 is 1.62 bits per heavy atom. The Labute approximate surface area is 98.0 Å². The van der Waals surface area contributed by atoms with E-state index in [4.69, 9.17) is 5.73 Å². The largest absolute Gasteiger partial charge is 0.327 e. The number of hydrogen-bond acceptors (Lipinski definition) is 1. The molecule has 0 aliphatic heterocycles. The summed E-state index contributed by atoms with van der Waals surface area (Å²) in [5, 5.41) is 0. The van der Waals surface area contributed by atoms with Crippen LogP contribution in [0.4, 0.5) is 0 Å². The lowest BCUT2D eigenvalue weighted by Crippen LogP contribution is -2.71. The van der Waals surface area contributed by atoms with Gasteiger partial charge in [-0.3, -0.25) is 0 Å². The van der Waals surface area contributed by atoms with Gasteiger partial charge in [-0.1, -0.05) is 44.2 Å². The minimum atomic E-state index is 0.401. The van der Waals surface area contributed by atoms with E-state index in [0.29, 0.717) is 22.8 Å². The summed E-state index contributed by atoms with van der Waals surface area (Å²) in [6.45, 7) is 4.50. The van der Waals surface area contributed by atoms with Gasteiger partial charge >= 0.3 is 0 Å². The van der Waals surface area contributed by atoms with Crippen LogP contribution in [0.3, 0.4) is 0 Å². The molecule has 0 amide bonds. The van der Waals surface area contributed by atoms with E-state index in [1.807, 2.05) is 0 Å². The first-order chi connectivity index (χ1) is 7.58. The molecule has 1 atom stereocenters. The highest BCUT2D eigenvalue weighted by molar-refractivity contribution is 5.39. The van der Waals surface area contributed by atoms with Gasteiger partial charge < -0.3 is 5.73 Å². The van der Waals surface area contributed by atoms with E-state index < -0.39 is 0 Å². The third-order valence-corrected chi connectivity index (χ3v) is 4.88. The molecule has 16 heavy (non-hydrogen) atoms. The summed E-state index contributed by atoms with van der Waals surface area (Å²) in [4.78, 5) is 0. The maximum atomic E-state index is 6.33. The molecule has 1 heteroatoms. The molecule has 1 unspecified atom stereocenters. The predicted molar refractivity (Wildman–Crippen MR) is 67.2 cm³/mol. The Kier molecular flexibility index (Phi) is 2.00. The molecular weight excluding hydrogens is 194 g/mol. The van der Waals surface area contributed by atoms with Gasteiger partial charge in [0.2, 0.25) is 0 Å². The van der Waals surface area contributed by atoms with Crippen LogP contribution < -0.4 is 5.73 Å². The van der Waals surface area contributed by atoms with Gasteiger partial charge in [-0.05, 0) is 41.6 Å². The van der Waals surface area contributed by atoms with Gasteiger partial charge in [0, 0.05) is 6.04 Å². The molecule has 3 aliphatic rings. The topological polar surface area (TPSA) is 26.0 Å². The van der Waals surface area contributed by atoms with Crippen molar-refractivity contribution < 1.29 is 0 Å². The average molecular weight is 215 g/mol. The molecule has 0 radical (unpaired) electrons. The van der Waals surface area contributed by atoms with Crippen LogP contribution in [0.1, 0.15) is 38.7 Å². The van der Waals surface area contributed by atoms with Crippen LogP contribution in [0.25, 0.3) is 0 Å². The van der Waals surface area contributed by atoms with E-state index >= 15 is 0 Å². The first kappa shape index (κ1) is 10.3. The Morgan fingerprint density at radius 1 is 1.06 bits per heavy atom. The standard InChI is InChI=1S/C15H21N/c1-11(2)13(16)15-8-14(9-15,10-15)12-6-4-3-5-7-12/h3-7,11,13H,8-10,16H2,1-2H3. The van der Waals surface area contributed by atoms with Crippen molar-refractivity contribution in [3.05, 3.63) is 35.9 Å². The first-order valence-electron chi connectivity index (χ1n) is 6.39. The zero-order valence-electron chi connectivity index (χ0n) is 10.2. The van der Waals surface area contributed by atoms with Gasteiger partial charge in [0.05, 0.1) is 0 Å². The Morgan fingerprint density at radius 3 is 2.12 bits per heavy atom. The van der Waals surface area contributed by atoms with Crippen molar-refractivity contribution >= 4 is 0 Å². The fourth-order valence-electron chi connectivity index (χ4n) is 4.02. The van der Waals surface area contributed by atoms with Crippen LogP contribution in [0.2, 0.25) is 0 Å². The van der Waals surface area contributed by atoms with Crippen molar-refractivity contribution in [3.63, 3.8) is 0 Å². The average Bonchev–Trinajstić information content (AvgIpc) is 2.15. The lowest BCUT2D eigenvalue weighted by atomic mass is 9.31. The van der Waals surface area contributed by atoms with Gasteiger partial charge in [-0.2, -0.15) is 0 Å². The number of nitrogens with two attached hydrogens (primary N) is 1. The van der Waals surface area contributed by atoms with Gasteiger partial charge in [0.15, 0.2) is 0 Å². The normalized spacial score (nSPS) is 37.8. The van der Waals surface area contributed by atoms with Crippen LogP contribution in [-0.2, 0) is 5.41 Å². The third-order valence-electron chi connectivity index (χ3n) is 4.88. The Bertz CT molecular complexity index is 373. The molecular formula is C15H21N. The molecule has 2 N–H and O–H groups in total. The maximum Gasteiger partial charge on any atom is 0.0120 e. The highest BCUT2D eigenvalue weighted by Crippen LogP contribution is 2.75. The van der Waals surface area contributed by atoms with Crippen LogP contribution in [0, 0.1) is 11.3 Å². The van der Waals surface area contributed by atoms with Gasteiger partial charge in [0.1, 0.15) is 0 Å². The van der Waals surface area contributed by atoms with Crippen molar-refractivity contribution in [1.82, 2.24) is 0 Å². The molecule has 3 aliphatic carbocycles. The van der Waals surface area contributed by atoms with Crippen molar-refractivity contribution in [2.45, 2.75) is 44.6 Å². The molecule has 4 rings (SSSR count). The van der Waals surface area contributed by atoms with Crippen molar-refractivity contribution in [2.75, 3.05) is 0 Å². The molecule has 0 aromatic heterocycles. The summed E-state index contributed by atoms with van der Waals surface area (Å²) in [7, 11) is 0. The molecule has 2 bridgehead atoms. The fourth-order valence-corrected chi connectivity index (χ4v) is 4.02. The summed E-state index contributed by atoms with van der Waals surface area (Å²) in [6.07, 6.45) is 3.97. The highest BCUT2D eigenvalue weighted by Gasteiger charge is 2.70. The van der Waals surface area contributed by atoms with Crippen molar-refractivity contribution in [3.8, 4) is 0 Å². The molecule has 86 valence electrons. The van der Waals surface area contributed by atoms with Crippen LogP contribution in [-0.4, -0.2) is 6.04 Å². The fraction of sp³-hybridized carbons (Fsp3) is 0.600. The quantitative estimate of drug-likeness (QED) is 0.824. The summed E-state index contributed by atoms with van der Waals surface area (Å²) in [5.41, 5.74) is 8.86. The molecule has 3 saturated carbocycles. The smallest absolute Gasteiger partial charge is 0.0120 e. The van der Waals surface area contributed by atoms with E-state index in [9.17, 15) is 0 Å². The van der Waals surface area contributed by atoms with Crippen LogP contribution in [0.15, 0.2) is 30.3 Å². The lowest BCUT2D eigenvalue weighted by molar-refractivity contribution is -0.165. The molecule has 1 aromatic rings. The van der Waals surface area contributed by atoms with E-state index in [1.165, 1.54) is 24.8 Å². The van der Waals surface area contributed by atoms with Crippen molar-refractivity contribution in [1.29, 1.82) is 0 Å². The van der Waals surface area contributed by atoms with E-state index in [-0.39, 0.29) is 0 Å². The summed E-state index contributed by atoms with van der Waals surface area (Å²) < 4.78 is 0. The molecule has 0 spiro atoms. The number of benzene rings is 1. The predicted octanol–water partition coefficient (Wildman–Crippen LogP) is 3.09. The van der Waals surface area contributed by atoms with Crippen LogP contribution >= 0.6 is 0 Å². The van der Waals surface area contributed by atoms with Gasteiger partial charge in [-0.15, -0.1) is 0 Å². The Hall–Kier alpha value is -0.820. The molecule has 1 aromatic carbocycles. The zero-order valence-corrected chi connectivity index (χ0v) is 10.2. The summed E-state index contributed by atoms with van der Waals surface area (Å²) in [6, 6.07) is 11.4. The molecule has 3 fully saturated rings. The van der Waals surface area contributed by atoms with Gasteiger partial charge in [-0.25, -0.2) is 0 Å². The maximum absolute atomic E-state index is 6.33. The SMILES string of the molecule is CC(C)C(N)C12CC(c3ccccc3)(C1)C2. The van der Waals surface area contributed by atoms with Crippen molar-refractivity contribution in [2.24, 2.45) is 17.1 Å². The minimum absolute atomic E-state index is 0.401.